The van der Waals surface area contributed by atoms with E-state index in [1.54, 1.807) is 19.1 Å². The maximum atomic E-state index is 11.7. The van der Waals surface area contributed by atoms with Crippen molar-refractivity contribution in [3.05, 3.63) is 58.7 Å². The molecule has 7 heteroatoms. The molecule has 2 aromatic rings. The molecule has 25 heavy (non-hydrogen) atoms. The highest BCUT2D eigenvalue weighted by atomic mass is 16.6. The average molecular weight is 342 g/mol. The Morgan fingerprint density at radius 2 is 1.56 bits per heavy atom. The van der Waals surface area contributed by atoms with Gasteiger partial charge in [-0.1, -0.05) is 6.07 Å². The van der Waals surface area contributed by atoms with Gasteiger partial charge in [-0.05, 0) is 42.8 Å². The number of rotatable bonds is 6. The van der Waals surface area contributed by atoms with Crippen molar-refractivity contribution in [1.82, 2.24) is 0 Å². The SMILES string of the molecule is COC(=O)c1cc(Oc2ccc(C)c(C(=O)OC=O)c2)ccc1C=O. The third-order valence-electron chi connectivity index (χ3n) is 3.38. The van der Waals surface area contributed by atoms with Crippen LogP contribution in [0.4, 0.5) is 0 Å². The molecule has 0 saturated heterocycles. The summed E-state index contributed by atoms with van der Waals surface area (Å²) < 4.78 is 14.6. The average Bonchev–Trinajstić information content (AvgIpc) is 2.62. The van der Waals surface area contributed by atoms with Gasteiger partial charge in [-0.3, -0.25) is 9.59 Å². The van der Waals surface area contributed by atoms with Crippen LogP contribution in [-0.2, 0) is 14.3 Å². The van der Waals surface area contributed by atoms with E-state index in [9.17, 15) is 19.2 Å². The van der Waals surface area contributed by atoms with Gasteiger partial charge in [0.05, 0.1) is 18.2 Å². The summed E-state index contributed by atoms with van der Waals surface area (Å²) in [5.41, 5.74) is 0.995. The summed E-state index contributed by atoms with van der Waals surface area (Å²) in [4.78, 5) is 44.8. The van der Waals surface area contributed by atoms with E-state index < -0.39 is 11.9 Å². The van der Waals surface area contributed by atoms with Crippen LogP contribution in [0, 0.1) is 6.92 Å². The molecule has 7 nitrogen and oxygen atoms in total. The normalized spacial score (nSPS) is 9.84. The predicted molar refractivity (Wildman–Crippen MR) is 85.9 cm³/mol. The van der Waals surface area contributed by atoms with Crippen LogP contribution in [0.2, 0.25) is 0 Å². The maximum Gasteiger partial charge on any atom is 0.346 e. The maximum absolute atomic E-state index is 11.7. The summed E-state index contributed by atoms with van der Waals surface area (Å²) in [6.07, 6.45) is 0.537. The molecular weight excluding hydrogens is 328 g/mol. The number of ether oxygens (including phenoxy) is 3. The first kappa shape index (κ1) is 17.9. The molecule has 0 radical (unpaired) electrons. The second-order valence-corrected chi connectivity index (χ2v) is 4.94. The fourth-order valence-corrected chi connectivity index (χ4v) is 2.12. The Labute approximate surface area is 143 Å². The zero-order valence-electron chi connectivity index (χ0n) is 13.5. The van der Waals surface area contributed by atoms with Crippen molar-refractivity contribution in [2.45, 2.75) is 6.92 Å². The van der Waals surface area contributed by atoms with E-state index in [1.807, 2.05) is 0 Å². The Bertz CT molecular complexity index is 839. The Hall–Kier alpha value is -3.48. The van der Waals surface area contributed by atoms with Gasteiger partial charge in [-0.2, -0.15) is 0 Å². The van der Waals surface area contributed by atoms with Crippen molar-refractivity contribution in [2.24, 2.45) is 0 Å². The summed E-state index contributed by atoms with van der Waals surface area (Å²) in [6, 6.07) is 8.92. The van der Waals surface area contributed by atoms with E-state index in [1.165, 1.54) is 31.4 Å². The Morgan fingerprint density at radius 3 is 2.16 bits per heavy atom. The zero-order valence-corrected chi connectivity index (χ0v) is 13.5. The fourth-order valence-electron chi connectivity index (χ4n) is 2.12. The molecule has 0 heterocycles. The van der Waals surface area contributed by atoms with Gasteiger partial charge in [0.1, 0.15) is 11.5 Å². The molecule has 0 saturated carbocycles. The summed E-state index contributed by atoms with van der Waals surface area (Å²) >= 11 is 0. The van der Waals surface area contributed by atoms with E-state index in [4.69, 9.17) is 4.74 Å². The van der Waals surface area contributed by atoms with Crippen LogP contribution in [0.3, 0.4) is 0 Å². The number of carbonyl (C=O) groups is 4. The van der Waals surface area contributed by atoms with Gasteiger partial charge in [0.2, 0.25) is 0 Å². The highest BCUT2D eigenvalue weighted by Crippen LogP contribution is 2.26. The van der Waals surface area contributed by atoms with Crippen molar-refractivity contribution in [3.63, 3.8) is 0 Å². The van der Waals surface area contributed by atoms with E-state index in [-0.39, 0.29) is 34.7 Å². The van der Waals surface area contributed by atoms with Gasteiger partial charge < -0.3 is 14.2 Å². The summed E-state index contributed by atoms with van der Waals surface area (Å²) in [6.45, 7) is 1.73. The molecule has 0 unspecified atom stereocenters. The van der Waals surface area contributed by atoms with Gasteiger partial charge >= 0.3 is 18.4 Å². The van der Waals surface area contributed by atoms with Crippen LogP contribution in [0.1, 0.15) is 36.6 Å². The second kappa shape index (κ2) is 7.87. The molecule has 128 valence electrons. The van der Waals surface area contributed by atoms with Crippen molar-refractivity contribution < 1.29 is 33.4 Å². The number of carbonyl (C=O) groups excluding carboxylic acids is 4. The lowest BCUT2D eigenvalue weighted by molar-refractivity contribution is -0.123. The lowest BCUT2D eigenvalue weighted by atomic mass is 10.1. The van der Waals surface area contributed by atoms with Crippen LogP contribution in [0.15, 0.2) is 36.4 Å². The summed E-state index contributed by atoms with van der Waals surface area (Å²) in [5, 5.41) is 0. The number of aryl methyl sites for hydroxylation is 1. The zero-order chi connectivity index (χ0) is 18.4. The third kappa shape index (κ3) is 4.08. The van der Waals surface area contributed by atoms with Crippen LogP contribution in [0.5, 0.6) is 11.5 Å². The molecule has 0 aliphatic rings. The minimum absolute atomic E-state index is 0.0517. The molecule has 2 aromatic carbocycles. The standard InChI is InChI=1S/C18H14O7/c1-11-3-5-13(7-15(11)18(22)24-10-20)25-14-6-4-12(9-19)16(8-14)17(21)23-2/h3-10H,1-2H3. The number of esters is 2. The Morgan fingerprint density at radius 1 is 0.920 bits per heavy atom. The van der Waals surface area contributed by atoms with Gasteiger partial charge in [0.25, 0.3) is 0 Å². The molecule has 0 aliphatic heterocycles. The number of benzene rings is 2. The van der Waals surface area contributed by atoms with E-state index in [2.05, 4.69) is 9.47 Å². The van der Waals surface area contributed by atoms with E-state index in [0.717, 1.165) is 0 Å². The van der Waals surface area contributed by atoms with E-state index >= 15 is 0 Å². The monoisotopic (exact) mass is 342 g/mol. The molecule has 0 atom stereocenters. The predicted octanol–water partition coefficient (Wildman–Crippen LogP) is 2.70. The molecule has 0 N–H and O–H groups in total. The van der Waals surface area contributed by atoms with Crippen LogP contribution < -0.4 is 4.74 Å². The molecule has 0 aromatic heterocycles. The number of hydrogen-bond acceptors (Lipinski definition) is 7. The van der Waals surface area contributed by atoms with Gasteiger partial charge in [0.15, 0.2) is 6.29 Å². The lowest BCUT2D eigenvalue weighted by Gasteiger charge is -2.10. The minimum Gasteiger partial charge on any atom is -0.465 e. The van der Waals surface area contributed by atoms with Gasteiger partial charge in [0, 0.05) is 5.56 Å². The fraction of sp³-hybridized carbons (Fsp3) is 0.111. The quantitative estimate of drug-likeness (QED) is 0.452. The molecule has 2 rings (SSSR count). The second-order valence-electron chi connectivity index (χ2n) is 4.94. The first-order valence-electron chi connectivity index (χ1n) is 7.10. The number of aldehydes is 1. The molecular formula is C18H14O7. The summed E-state index contributed by atoms with van der Waals surface area (Å²) in [7, 11) is 1.20. The molecule has 0 bridgehead atoms. The van der Waals surface area contributed by atoms with Crippen molar-refractivity contribution in [1.29, 1.82) is 0 Å². The van der Waals surface area contributed by atoms with Crippen molar-refractivity contribution in [3.8, 4) is 11.5 Å². The van der Waals surface area contributed by atoms with Gasteiger partial charge in [-0.25, -0.2) is 9.59 Å². The number of methoxy groups -OCH3 is 1. The highest BCUT2D eigenvalue weighted by molar-refractivity contribution is 5.98. The van der Waals surface area contributed by atoms with Gasteiger partial charge in [-0.15, -0.1) is 0 Å². The van der Waals surface area contributed by atoms with Crippen molar-refractivity contribution in [2.75, 3.05) is 7.11 Å². The molecule has 0 amide bonds. The van der Waals surface area contributed by atoms with Crippen LogP contribution in [-0.4, -0.2) is 31.8 Å². The molecule has 0 aliphatic carbocycles. The highest BCUT2D eigenvalue weighted by Gasteiger charge is 2.15. The van der Waals surface area contributed by atoms with Crippen LogP contribution in [0.25, 0.3) is 0 Å². The molecule has 0 fully saturated rings. The van der Waals surface area contributed by atoms with E-state index in [0.29, 0.717) is 11.8 Å². The Kier molecular flexibility index (Phi) is 5.62. The minimum atomic E-state index is -0.801. The molecule has 0 spiro atoms. The first-order valence-corrected chi connectivity index (χ1v) is 7.10. The van der Waals surface area contributed by atoms with Crippen molar-refractivity contribution >= 4 is 24.7 Å². The number of hydrogen-bond donors (Lipinski definition) is 0. The third-order valence-corrected chi connectivity index (χ3v) is 3.38. The van der Waals surface area contributed by atoms with Crippen LogP contribution >= 0.6 is 0 Å². The topological polar surface area (TPSA) is 96.0 Å². The smallest absolute Gasteiger partial charge is 0.346 e. The largest absolute Gasteiger partial charge is 0.465 e. The lowest BCUT2D eigenvalue weighted by Crippen LogP contribution is -2.06. The summed E-state index contributed by atoms with van der Waals surface area (Å²) in [5.74, 6) is -0.918. The Balaban J connectivity index is 2.35. The first-order chi connectivity index (χ1) is 12.0.